The van der Waals surface area contributed by atoms with Gasteiger partial charge in [0.1, 0.15) is 5.75 Å². The number of hydrogen-bond donors (Lipinski definition) is 0. The molecule has 0 spiro atoms. The van der Waals surface area contributed by atoms with Gasteiger partial charge in [0.25, 0.3) is 5.91 Å². The lowest BCUT2D eigenvalue weighted by Gasteiger charge is -2.26. The van der Waals surface area contributed by atoms with Crippen LogP contribution < -0.4 is 14.5 Å². The molecule has 0 radical (unpaired) electrons. The van der Waals surface area contributed by atoms with Crippen molar-refractivity contribution in [1.29, 1.82) is 0 Å². The lowest BCUT2D eigenvalue weighted by Crippen LogP contribution is -2.37. The van der Waals surface area contributed by atoms with E-state index in [1.807, 2.05) is 53.4 Å². The van der Waals surface area contributed by atoms with E-state index in [0.29, 0.717) is 5.17 Å². The Labute approximate surface area is 199 Å². The lowest BCUT2D eigenvalue weighted by molar-refractivity contribution is -0.117. The molecule has 2 fully saturated rings. The van der Waals surface area contributed by atoms with Gasteiger partial charge in [0.2, 0.25) is 0 Å². The number of thioether (sulfide) groups is 1. The number of benzene rings is 2. The van der Waals surface area contributed by atoms with Gasteiger partial charge in [-0.25, -0.2) is 8.42 Å². The third-order valence-corrected chi connectivity index (χ3v) is 9.27. The third-order valence-electron chi connectivity index (χ3n) is 6.06. The lowest BCUT2D eigenvalue weighted by atomic mass is 10.1. The molecular formula is C24H29N3O4S2. The van der Waals surface area contributed by atoms with Crippen molar-refractivity contribution in [3.05, 3.63) is 54.1 Å². The summed E-state index contributed by atoms with van der Waals surface area (Å²) in [5.41, 5.74) is 2.82. The first-order valence-electron chi connectivity index (χ1n) is 11.1. The Balaban J connectivity index is 1.60. The summed E-state index contributed by atoms with van der Waals surface area (Å²) >= 11 is 1.40. The summed E-state index contributed by atoms with van der Waals surface area (Å²) < 4.78 is 29.8. The number of aliphatic imine (C=N–C) groups is 1. The van der Waals surface area contributed by atoms with Gasteiger partial charge < -0.3 is 14.5 Å². The Morgan fingerprint density at radius 1 is 1.09 bits per heavy atom. The summed E-state index contributed by atoms with van der Waals surface area (Å²) in [5.74, 6) is 0.670. The number of anilines is 2. The molecule has 0 bridgehead atoms. The minimum absolute atomic E-state index is 0.0775. The Hall–Kier alpha value is -2.52. The highest BCUT2D eigenvalue weighted by molar-refractivity contribution is 8.16. The zero-order valence-electron chi connectivity index (χ0n) is 19.1. The maximum Gasteiger partial charge on any atom is 0.252 e. The predicted octanol–water partition coefficient (Wildman–Crippen LogP) is 3.39. The van der Waals surface area contributed by atoms with E-state index >= 15 is 0 Å². The number of amidine groups is 1. The first-order chi connectivity index (χ1) is 15.8. The van der Waals surface area contributed by atoms with E-state index in [1.54, 1.807) is 7.11 Å². The number of amides is 1. The minimum Gasteiger partial charge on any atom is -0.497 e. The van der Waals surface area contributed by atoms with Crippen molar-refractivity contribution in [2.75, 3.05) is 41.5 Å². The average molecular weight is 488 g/mol. The molecular weight excluding hydrogens is 458 g/mol. The smallest absolute Gasteiger partial charge is 0.252 e. The molecule has 0 aromatic heterocycles. The van der Waals surface area contributed by atoms with Crippen molar-refractivity contribution >= 4 is 44.0 Å². The van der Waals surface area contributed by atoms with Crippen molar-refractivity contribution in [2.45, 2.75) is 31.6 Å². The molecule has 2 aromatic rings. The van der Waals surface area contributed by atoms with Crippen LogP contribution in [0.3, 0.4) is 0 Å². The number of sulfone groups is 1. The summed E-state index contributed by atoms with van der Waals surface area (Å²) in [6, 6.07) is 15.2. The second-order valence-corrected chi connectivity index (χ2v) is 11.5. The molecule has 0 saturated carbocycles. The first-order valence-corrected chi connectivity index (χ1v) is 13.8. The van der Waals surface area contributed by atoms with Crippen LogP contribution in [0.15, 0.2) is 53.5 Å². The molecule has 33 heavy (non-hydrogen) atoms. The summed E-state index contributed by atoms with van der Waals surface area (Å²) in [4.78, 5) is 21.4. The fourth-order valence-corrected chi connectivity index (χ4v) is 8.27. The second-order valence-electron chi connectivity index (χ2n) is 8.17. The number of carbonyl (C=O) groups excluding carboxylic acids is 1. The molecule has 2 aliphatic rings. The van der Waals surface area contributed by atoms with Crippen LogP contribution in [0.2, 0.25) is 0 Å². The highest BCUT2D eigenvalue weighted by Crippen LogP contribution is 2.41. The number of methoxy groups -OCH3 is 1. The molecule has 0 aliphatic carbocycles. The highest BCUT2D eigenvalue weighted by Gasteiger charge is 2.49. The van der Waals surface area contributed by atoms with E-state index in [9.17, 15) is 13.2 Å². The van der Waals surface area contributed by atoms with Gasteiger partial charge in [-0.2, -0.15) is 4.99 Å². The van der Waals surface area contributed by atoms with E-state index in [1.165, 1.54) is 11.8 Å². The molecule has 1 amide bonds. The van der Waals surface area contributed by atoms with E-state index in [2.05, 4.69) is 23.7 Å². The molecule has 176 valence electrons. The summed E-state index contributed by atoms with van der Waals surface area (Å²) in [6.45, 7) is 6.04. The largest absolute Gasteiger partial charge is 0.497 e. The van der Waals surface area contributed by atoms with Gasteiger partial charge in [-0.1, -0.05) is 23.9 Å². The van der Waals surface area contributed by atoms with Crippen molar-refractivity contribution in [3.63, 3.8) is 0 Å². The van der Waals surface area contributed by atoms with Crippen LogP contribution in [0, 0.1) is 0 Å². The average Bonchev–Trinajstić information content (AvgIpc) is 3.26. The maximum atomic E-state index is 12.8. The number of nitrogens with zero attached hydrogens (tertiary/aromatic N) is 3. The Bertz CT molecular complexity index is 1130. The molecule has 7 nitrogen and oxygen atoms in total. The van der Waals surface area contributed by atoms with Crippen LogP contribution in [0.25, 0.3) is 0 Å². The number of ether oxygens (including phenoxy) is 1. The quantitative estimate of drug-likeness (QED) is 0.592. The molecule has 2 heterocycles. The van der Waals surface area contributed by atoms with Gasteiger partial charge in [-0.3, -0.25) is 4.79 Å². The van der Waals surface area contributed by atoms with E-state index in [0.717, 1.165) is 35.8 Å². The predicted molar refractivity (Wildman–Crippen MR) is 135 cm³/mol. The summed E-state index contributed by atoms with van der Waals surface area (Å²) in [6.07, 6.45) is 0.177. The number of hydrogen-bond acceptors (Lipinski definition) is 6. The van der Waals surface area contributed by atoms with Crippen LogP contribution in [-0.4, -0.2) is 62.5 Å². The zero-order chi connectivity index (χ0) is 23.6. The number of carbonyl (C=O) groups is 1. The molecule has 9 heteroatoms. The van der Waals surface area contributed by atoms with E-state index in [-0.39, 0.29) is 35.1 Å². The Morgan fingerprint density at radius 3 is 2.36 bits per heavy atom. The van der Waals surface area contributed by atoms with Crippen LogP contribution in [0.4, 0.5) is 11.4 Å². The van der Waals surface area contributed by atoms with Crippen molar-refractivity contribution in [1.82, 2.24) is 0 Å². The van der Waals surface area contributed by atoms with Gasteiger partial charge in [0, 0.05) is 29.7 Å². The molecule has 4 rings (SSSR count). The maximum absolute atomic E-state index is 12.8. The topological polar surface area (TPSA) is 79.3 Å². The second kappa shape index (κ2) is 9.77. The fraction of sp³-hybridized carbons (Fsp3) is 0.417. The van der Waals surface area contributed by atoms with Crippen LogP contribution in [0.1, 0.15) is 19.4 Å². The third kappa shape index (κ3) is 5.19. The molecule has 2 aromatic carbocycles. The Morgan fingerprint density at radius 2 is 1.76 bits per heavy atom. The van der Waals surface area contributed by atoms with Crippen molar-refractivity contribution < 1.29 is 17.9 Å². The number of rotatable bonds is 7. The molecule has 0 N–H and O–H groups in total. The number of fused-ring (bicyclic) bond motifs is 1. The molecule has 2 saturated heterocycles. The molecule has 2 aliphatic heterocycles. The standard InChI is InChI=1S/C24H29N3O4S2/c1-4-26(5-2)18-8-10-19(11-9-18)27-21-15-33(29,30)16-22(21)32-24(27)25-23(28)14-17-6-12-20(31-3)13-7-17/h6-13,21-22H,4-5,14-16H2,1-3H3/t21-,22-/m1/s1. The fourth-order valence-electron chi connectivity index (χ4n) is 4.34. The van der Waals surface area contributed by atoms with Gasteiger partial charge in [-0.05, 0) is 55.8 Å². The SMILES string of the molecule is CCN(CC)c1ccc(N2C(=NC(=O)Cc3ccc(OC)cc3)S[C@@H]3CS(=O)(=O)C[C@H]32)cc1. The monoisotopic (exact) mass is 487 g/mol. The van der Waals surface area contributed by atoms with Crippen LogP contribution in [0.5, 0.6) is 5.75 Å². The van der Waals surface area contributed by atoms with Crippen molar-refractivity contribution in [2.24, 2.45) is 4.99 Å². The van der Waals surface area contributed by atoms with Gasteiger partial charge >= 0.3 is 0 Å². The normalized spacial score (nSPS) is 22.4. The summed E-state index contributed by atoms with van der Waals surface area (Å²) in [5, 5.41) is 0.457. The molecule has 0 unspecified atom stereocenters. The van der Waals surface area contributed by atoms with Crippen LogP contribution >= 0.6 is 11.8 Å². The minimum atomic E-state index is -3.11. The van der Waals surface area contributed by atoms with Crippen LogP contribution in [-0.2, 0) is 21.1 Å². The first kappa shape index (κ1) is 23.6. The molecule has 2 atom stereocenters. The Kier molecular flexibility index (Phi) is 6.99. The van der Waals surface area contributed by atoms with Crippen molar-refractivity contribution in [3.8, 4) is 5.75 Å². The summed E-state index contributed by atoms with van der Waals surface area (Å²) in [7, 11) is -1.50. The zero-order valence-corrected chi connectivity index (χ0v) is 20.7. The van der Waals surface area contributed by atoms with E-state index < -0.39 is 9.84 Å². The highest BCUT2D eigenvalue weighted by atomic mass is 32.2. The van der Waals surface area contributed by atoms with Gasteiger partial charge in [0.15, 0.2) is 15.0 Å². The van der Waals surface area contributed by atoms with Gasteiger partial charge in [0.05, 0.1) is 31.1 Å². The van der Waals surface area contributed by atoms with E-state index in [4.69, 9.17) is 4.74 Å². The van der Waals surface area contributed by atoms with Gasteiger partial charge in [-0.15, -0.1) is 0 Å².